The van der Waals surface area contributed by atoms with Gasteiger partial charge in [0.15, 0.2) is 0 Å². The van der Waals surface area contributed by atoms with Crippen LogP contribution in [0.15, 0.2) is 0 Å². The Bertz CT molecular complexity index is 105. The molecule has 1 aliphatic carbocycles. The van der Waals surface area contributed by atoms with Crippen LogP contribution in [-0.2, 0) is 0 Å². The molecule has 0 aromatic heterocycles. The summed E-state index contributed by atoms with van der Waals surface area (Å²) in [6.07, 6.45) is 1.03. The van der Waals surface area contributed by atoms with Gasteiger partial charge in [-0.3, -0.25) is 0 Å². The van der Waals surface area contributed by atoms with Gasteiger partial charge in [0, 0.05) is 13.2 Å². The molecule has 0 heterocycles. The van der Waals surface area contributed by atoms with Gasteiger partial charge in [0.2, 0.25) is 0 Å². The highest BCUT2D eigenvalue weighted by atomic mass is 16.3. The molecule has 1 aliphatic rings. The van der Waals surface area contributed by atoms with Crippen LogP contribution in [0.5, 0.6) is 0 Å². The predicted octanol–water partition coefficient (Wildman–Crippen LogP) is -0.642. The zero-order valence-corrected chi connectivity index (χ0v) is 5.90. The molecule has 3 atom stereocenters. The van der Waals surface area contributed by atoms with Crippen molar-refractivity contribution in [1.82, 2.24) is 0 Å². The SMILES string of the molecule is OCCC1C(O)CC1CO. The van der Waals surface area contributed by atoms with Crippen LogP contribution < -0.4 is 0 Å². The first-order chi connectivity index (χ1) is 4.79. The smallest absolute Gasteiger partial charge is 0.0576 e. The van der Waals surface area contributed by atoms with Crippen LogP contribution in [0.4, 0.5) is 0 Å². The van der Waals surface area contributed by atoms with Crippen molar-refractivity contribution in [3.05, 3.63) is 0 Å². The highest BCUT2D eigenvalue weighted by Gasteiger charge is 2.38. The molecule has 60 valence electrons. The number of aliphatic hydroxyl groups excluding tert-OH is 3. The minimum Gasteiger partial charge on any atom is -0.396 e. The zero-order chi connectivity index (χ0) is 7.56. The number of hydrogen-bond acceptors (Lipinski definition) is 3. The van der Waals surface area contributed by atoms with Crippen LogP contribution in [0.3, 0.4) is 0 Å². The standard InChI is InChI=1S/C7H14O3/c8-2-1-6-5(4-9)3-7(6)10/h5-10H,1-4H2. The third-order valence-electron chi connectivity index (χ3n) is 2.34. The van der Waals surface area contributed by atoms with Crippen molar-refractivity contribution in [2.45, 2.75) is 18.9 Å². The Hall–Kier alpha value is -0.120. The van der Waals surface area contributed by atoms with Crippen LogP contribution in [0.25, 0.3) is 0 Å². The predicted molar refractivity (Wildman–Crippen MR) is 36.4 cm³/mol. The molecule has 0 spiro atoms. The van der Waals surface area contributed by atoms with Gasteiger partial charge in [-0.15, -0.1) is 0 Å². The summed E-state index contributed by atoms with van der Waals surface area (Å²) in [5.41, 5.74) is 0. The Morgan fingerprint density at radius 1 is 1.30 bits per heavy atom. The van der Waals surface area contributed by atoms with Gasteiger partial charge in [0.1, 0.15) is 0 Å². The average molecular weight is 146 g/mol. The van der Waals surface area contributed by atoms with E-state index in [0.717, 1.165) is 0 Å². The second-order valence-electron chi connectivity index (χ2n) is 2.92. The molecule has 10 heavy (non-hydrogen) atoms. The van der Waals surface area contributed by atoms with E-state index in [-0.39, 0.29) is 31.2 Å². The number of rotatable bonds is 3. The van der Waals surface area contributed by atoms with Gasteiger partial charge in [-0.25, -0.2) is 0 Å². The Balaban J connectivity index is 2.25. The third-order valence-corrected chi connectivity index (χ3v) is 2.34. The lowest BCUT2D eigenvalue weighted by molar-refractivity contribution is -0.0644. The Kier molecular flexibility index (Phi) is 2.65. The van der Waals surface area contributed by atoms with Crippen molar-refractivity contribution in [2.24, 2.45) is 11.8 Å². The minimum atomic E-state index is -0.288. The maximum Gasteiger partial charge on any atom is 0.0576 e. The molecular formula is C7H14O3. The fourth-order valence-electron chi connectivity index (χ4n) is 1.57. The summed E-state index contributed by atoms with van der Waals surface area (Å²) in [6, 6.07) is 0. The minimum absolute atomic E-state index is 0.109. The monoisotopic (exact) mass is 146 g/mol. The highest BCUT2D eigenvalue weighted by molar-refractivity contribution is 4.88. The van der Waals surface area contributed by atoms with Crippen molar-refractivity contribution in [3.8, 4) is 0 Å². The highest BCUT2D eigenvalue weighted by Crippen LogP contribution is 2.36. The molecule has 0 aliphatic heterocycles. The molecule has 0 aromatic rings. The second-order valence-corrected chi connectivity index (χ2v) is 2.92. The molecule has 1 saturated carbocycles. The van der Waals surface area contributed by atoms with Gasteiger partial charge in [-0.1, -0.05) is 0 Å². The molecular weight excluding hydrogens is 132 g/mol. The van der Waals surface area contributed by atoms with Crippen LogP contribution in [-0.4, -0.2) is 34.6 Å². The lowest BCUT2D eigenvalue weighted by Gasteiger charge is -2.40. The van der Waals surface area contributed by atoms with E-state index in [2.05, 4.69) is 0 Å². The van der Waals surface area contributed by atoms with E-state index in [1.807, 2.05) is 0 Å². The molecule has 1 fully saturated rings. The van der Waals surface area contributed by atoms with Crippen molar-refractivity contribution < 1.29 is 15.3 Å². The zero-order valence-electron chi connectivity index (χ0n) is 5.90. The van der Waals surface area contributed by atoms with Crippen LogP contribution in [0.1, 0.15) is 12.8 Å². The normalized spacial score (nSPS) is 39.3. The van der Waals surface area contributed by atoms with Gasteiger partial charge in [0.25, 0.3) is 0 Å². The van der Waals surface area contributed by atoms with Gasteiger partial charge in [-0.05, 0) is 24.7 Å². The van der Waals surface area contributed by atoms with Gasteiger partial charge < -0.3 is 15.3 Å². The number of hydrogen-bond donors (Lipinski definition) is 3. The van der Waals surface area contributed by atoms with E-state index in [1.54, 1.807) is 0 Å². The topological polar surface area (TPSA) is 60.7 Å². The molecule has 0 radical (unpaired) electrons. The summed E-state index contributed by atoms with van der Waals surface area (Å²) in [4.78, 5) is 0. The first-order valence-corrected chi connectivity index (χ1v) is 3.69. The lowest BCUT2D eigenvalue weighted by Crippen LogP contribution is -2.43. The quantitative estimate of drug-likeness (QED) is 0.496. The summed E-state index contributed by atoms with van der Waals surface area (Å²) in [5.74, 6) is 0.358. The molecule has 3 heteroatoms. The lowest BCUT2D eigenvalue weighted by atomic mass is 9.70. The van der Waals surface area contributed by atoms with Crippen molar-refractivity contribution >= 4 is 0 Å². The Labute approximate surface area is 60.3 Å². The van der Waals surface area contributed by atoms with E-state index >= 15 is 0 Å². The largest absolute Gasteiger partial charge is 0.396 e. The molecule has 3 unspecified atom stereocenters. The van der Waals surface area contributed by atoms with E-state index < -0.39 is 0 Å². The average Bonchev–Trinajstić information content (AvgIpc) is 1.95. The fourth-order valence-corrected chi connectivity index (χ4v) is 1.57. The third kappa shape index (κ3) is 1.31. The summed E-state index contributed by atoms with van der Waals surface area (Å²) >= 11 is 0. The maximum atomic E-state index is 9.12. The van der Waals surface area contributed by atoms with Gasteiger partial charge in [-0.2, -0.15) is 0 Å². The first-order valence-electron chi connectivity index (χ1n) is 3.69. The molecule has 1 rings (SSSR count). The van der Waals surface area contributed by atoms with E-state index in [0.29, 0.717) is 12.8 Å². The Morgan fingerprint density at radius 3 is 2.40 bits per heavy atom. The maximum absolute atomic E-state index is 9.12. The summed E-state index contributed by atoms with van der Waals surface area (Å²) < 4.78 is 0. The van der Waals surface area contributed by atoms with Crippen LogP contribution in [0.2, 0.25) is 0 Å². The van der Waals surface area contributed by atoms with E-state index in [1.165, 1.54) is 0 Å². The van der Waals surface area contributed by atoms with Crippen molar-refractivity contribution in [2.75, 3.05) is 13.2 Å². The summed E-state index contributed by atoms with van der Waals surface area (Å²) in [7, 11) is 0. The molecule has 3 N–H and O–H groups in total. The fraction of sp³-hybridized carbons (Fsp3) is 1.00. The van der Waals surface area contributed by atoms with Gasteiger partial charge in [0.05, 0.1) is 6.10 Å². The molecule has 0 aromatic carbocycles. The first kappa shape index (κ1) is 7.98. The van der Waals surface area contributed by atoms with E-state index in [9.17, 15) is 0 Å². The molecule has 3 nitrogen and oxygen atoms in total. The summed E-state index contributed by atoms with van der Waals surface area (Å²) in [6.45, 7) is 0.250. The van der Waals surface area contributed by atoms with Crippen LogP contribution >= 0.6 is 0 Å². The number of aliphatic hydroxyl groups is 3. The molecule has 0 amide bonds. The molecule has 0 saturated heterocycles. The Morgan fingerprint density at radius 2 is 2.00 bits per heavy atom. The van der Waals surface area contributed by atoms with Gasteiger partial charge >= 0.3 is 0 Å². The van der Waals surface area contributed by atoms with Crippen LogP contribution in [0, 0.1) is 11.8 Å². The summed E-state index contributed by atoms with van der Waals surface area (Å²) in [5, 5.41) is 26.4. The van der Waals surface area contributed by atoms with Crippen molar-refractivity contribution in [3.63, 3.8) is 0 Å². The molecule has 0 bridgehead atoms. The van der Waals surface area contributed by atoms with Crippen molar-refractivity contribution in [1.29, 1.82) is 0 Å². The second kappa shape index (κ2) is 3.32. The van der Waals surface area contributed by atoms with E-state index in [4.69, 9.17) is 15.3 Å².